The highest BCUT2D eigenvalue weighted by Gasteiger charge is 2.42. The average Bonchev–Trinajstić information content (AvgIpc) is 2.32. The molecule has 1 aromatic heterocycles. The second-order valence-electron chi connectivity index (χ2n) is 4.65. The van der Waals surface area contributed by atoms with Crippen LogP contribution in [0, 0.1) is 18.3 Å². The molecule has 0 saturated heterocycles. The number of hydrogen-bond donors (Lipinski definition) is 2. The fraction of sp³-hybridized carbons (Fsp3) is 0.538. The monoisotopic (exact) mass is 288 g/mol. The van der Waals surface area contributed by atoms with Crippen LogP contribution in [-0.4, -0.2) is 35.0 Å². The van der Waals surface area contributed by atoms with E-state index in [1.54, 1.807) is 17.9 Å². The summed E-state index contributed by atoms with van der Waals surface area (Å²) in [7, 11) is 0. The first kappa shape index (κ1) is 16.4. The van der Waals surface area contributed by atoms with Crippen molar-refractivity contribution in [2.45, 2.75) is 26.6 Å². The van der Waals surface area contributed by atoms with Crippen molar-refractivity contribution in [3.05, 3.63) is 29.6 Å². The number of halogens is 3. The van der Waals surface area contributed by atoms with Gasteiger partial charge in [-0.3, -0.25) is 15.3 Å². The molecule has 1 unspecified atom stereocenters. The molecule has 0 aliphatic heterocycles. The van der Waals surface area contributed by atoms with E-state index in [4.69, 9.17) is 11.1 Å². The van der Waals surface area contributed by atoms with Gasteiger partial charge in [0, 0.05) is 18.8 Å². The molecule has 0 amide bonds. The zero-order valence-corrected chi connectivity index (χ0v) is 11.5. The van der Waals surface area contributed by atoms with Crippen LogP contribution in [0.2, 0.25) is 0 Å². The largest absolute Gasteiger partial charge is 0.399 e. The third-order valence-corrected chi connectivity index (χ3v) is 2.99. The topological polar surface area (TPSA) is 66.0 Å². The standard InChI is InChI=1S/C13H19F3N4/c1-3-20(7-10-6-4-5-9(2)19-10)8-11(12(17)18)13(14,15)16/h4-6,11H,3,7-8H2,1-2H3,(H3,17,18). The van der Waals surface area contributed by atoms with Gasteiger partial charge in [-0.2, -0.15) is 13.2 Å². The molecule has 20 heavy (non-hydrogen) atoms. The normalized spacial score (nSPS) is 13.5. The molecule has 1 heterocycles. The Morgan fingerprint density at radius 2 is 2.10 bits per heavy atom. The smallest absolute Gasteiger partial charge is 0.387 e. The van der Waals surface area contributed by atoms with E-state index < -0.39 is 17.9 Å². The second-order valence-corrected chi connectivity index (χ2v) is 4.65. The SMILES string of the molecule is CCN(Cc1cccc(C)n1)CC(C(=N)N)C(F)(F)F. The first-order chi connectivity index (χ1) is 9.24. The predicted octanol–water partition coefficient (Wildman–Crippen LogP) is 2.33. The Hall–Kier alpha value is -1.63. The zero-order chi connectivity index (χ0) is 15.3. The number of pyridine rings is 1. The molecule has 112 valence electrons. The van der Waals surface area contributed by atoms with Crippen LogP contribution in [0.3, 0.4) is 0 Å². The Bertz CT molecular complexity index is 459. The minimum Gasteiger partial charge on any atom is -0.387 e. The van der Waals surface area contributed by atoms with Gasteiger partial charge in [-0.05, 0) is 25.6 Å². The van der Waals surface area contributed by atoms with Gasteiger partial charge in [0.25, 0.3) is 0 Å². The van der Waals surface area contributed by atoms with Gasteiger partial charge in [-0.15, -0.1) is 0 Å². The van der Waals surface area contributed by atoms with Gasteiger partial charge < -0.3 is 5.73 Å². The van der Waals surface area contributed by atoms with Crippen molar-refractivity contribution >= 4 is 5.84 Å². The van der Waals surface area contributed by atoms with E-state index in [1.165, 1.54) is 0 Å². The Morgan fingerprint density at radius 1 is 1.45 bits per heavy atom. The molecule has 4 nitrogen and oxygen atoms in total. The van der Waals surface area contributed by atoms with E-state index in [1.807, 2.05) is 19.1 Å². The maximum atomic E-state index is 12.8. The van der Waals surface area contributed by atoms with Crippen molar-refractivity contribution in [2.24, 2.45) is 11.7 Å². The molecular formula is C13H19F3N4. The summed E-state index contributed by atoms with van der Waals surface area (Å²) in [6.07, 6.45) is -4.50. The van der Waals surface area contributed by atoms with Gasteiger partial charge in [-0.25, -0.2) is 0 Å². The number of hydrogen-bond acceptors (Lipinski definition) is 3. The molecule has 1 aromatic rings. The summed E-state index contributed by atoms with van der Waals surface area (Å²) in [5, 5.41) is 7.10. The summed E-state index contributed by atoms with van der Waals surface area (Å²) in [5.41, 5.74) is 6.59. The highest BCUT2D eigenvalue weighted by Crippen LogP contribution is 2.27. The highest BCUT2D eigenvalue weighted by molar-refractivity contribution is 5.80. The molecular weight excluding hydrogens is 269 g/mol. The summed E-state index contributed by atoms with van der Waals surface area (Å²) >= 11 is 0. The highest BCUT2D eigenvalue weighted by atomic mass is 19.4. The minimum absolute atomic E-state index is 0.304. The third-order valence-electron chi connectivity index (χ3n) is 2.99. The zero-order valence-electron chi connectivity index (χ0n) is 11.5. The molecule has 7 heteroatoms. The Balaban J connectivity index is 2.78. The summed E-state index contributed by atoms with van der Waals surface area (Å²) in [6.45, 7) is 4.00. The Labute approximate surface area is 116 Å². The number of nitrogens with two attached hydrogens (primary N) is 1. The molecule has 1 atom stereocenters. The number of nitrogens with one attached hydrogen (secondary N) is 1. The molecule has 0 saturated carbocycles. The first-order valence-electron chi connectivity index (χ1n) is 6.29. The van der Waals surface area contributed by atoms with Crippen LogP contribution in [0.1, 0.15) is 18.3 Å². The van der Waals surface area contributed by atoms with E-state index in [2.05, 4.69) is 4.98 Å². The number of alkyl halides is 3. The molecule has 1 rings (SSSR count). The van der Waals surface area contributed by atoms with Crippen LogP contribution in [-0.2, 0) is 6.54 Å². The van der Waals surface area contributed by atoms with Gasteiger partial charge in [0.15, 0.2) is 0 Å². The van der Waals surface area contributed by atoms with E-state index >= 15 is 0 Å². The minimum atomic E-state index is -4.50. The van der Waals surface area contributed by atoms with E-state index in [0.29, 0.717) is 18.8 Å². The van der Waals surface area contributed by atoms with Crippen molar-refractivity contribution in [1.29, 1.82) is 5.41 Å². The molecule has 0 aliphatic rings. The number of aryl methyl sites for hydroxylation is 1. The van der Waals surface area contributed by atoms with Crippen molar-refractivity contribution in [3.63, 3.8) is 0 Å². The lowest BCUT2D eigenvalue weighted by Gasteiger charge is -2.27. The number of nitrogens with zero attached hydrogens (tertiary/aromatic N) is 2. The lowest BCUT2D eigenvalue weighted by molar-refractivity contribution is -0.160. The van der Waals surface area contributed by atoms with Crippen LogP contribution in [0.4, 0.5) is 13.2 Å². The number of rotatable bonds is 6. The quantitative estimate of drug-likeness (QED) is 0.623. The lowest BCUT2D eigenvalue weighted by Crippen LogP contribution is -2.43. The van der Waals surface area contributed by atoms with Crippen molar-refractivity contribution in [3.8, 4) is 0 Å². The van der Waals surface area contributed by atoms with E-state index in [9.17, 15) is 13.2 Å². The summed E-state index contributed by atoms with van der Waals surface area (Å²) < 4.78 is 38.4. The molecule has 0 bridgehead atoms. The van der Waals surface area contributed by atoms with E-state index in [-0.39, 0.29) is 6.54 Å². The molecule has 0 aliphatic carbocycles. The van der Waals surface area contributed by atoms with Gasteiger partial charge in [0.1, 0.15) is 11.8 Å². The van der Waals surface area contributed by atoms with E-state index in [0.717, 1.165) is 5.69 Å². The number of aromatic nitrogens is 1. The van der Waals surface area contributed by atoms with Crippen molar-refractivity contribution < 1.29 is 13.2 Å². The summed E-state index contributed by atoms with van der Waals surface area (Å²) in [6, 6.07) is 5.41. The lowest BCUT2D eigenvalue weighted by atomic mass is 10.1. The third kappa shape index (κ3) is 4.80. The molecule has 3 N–H and O–H groups in total. The molecule has 0 fully saturated rings. The van der Waals surface area contributed by atoms with Gasteiger partial charge in [0.2, 0.25) is 0 Å². The predicted molar refractivity (Wildman–Crippen MR) is 71.4 cm³/mol. The Kier molecular flexibility index (Phi) is 5.50. The van der Waals surface area contributed by atoms with Crippen molar-refractivity contribution in [1.82, 2.24) is 9.88 Å². The maximum Gasteiger partial charge on any atom is 0.399 e. The van der Waals surface area contributed by atoms with Gasteiger partial charge >= 0.3 is 6.18 Å². The number of amidine groups is 1. The first-order valence-corrected chi connectivity index (χ1v) is 6.29. The molecule has 0 radical (unpaired) electrons. The van der Waals surface area contributed by atoms with Crippen LogP contribution in [0.25, 0.3) is 0 Å². The van der Waals surface area contributed by atoms with Gasteiger partial charge in [0.05, 0.1) is 5.69 Å². The fourth-order valence-electron chi connectivity index (χ4n) is 1.86. The van der Waals surface area contributed by atoms with Gasteiger partial charge in [-0.1, -0.05) is 13.0 Å². The van der Waals surface area contributed by atoms with Crippen LogP contribution in [0.15, 0.2) is 18.2 Å². The summed E-state index contributed by atoms with van der Waals surface area (Å²) in [4.78, 5) is 5.85. The summed E-state index contributed by atoms with van der Waals surface area (Å²) in [5.74, 6) is -2.79. The average molecular weight is 288 g/mol. The van der Waals surface area contributed by atoms with Crippen LogP contribution < -0.4 is 5.73 Å². The fourth-order valence-corrected chi connectivity index (χ4v) is 1.86. The second kappa shape index (κ2) is 6.69. The van der Waals surface area contributed by atoms with Crippen LogP contribution >= 0.6 is 0 Å². The molecule has 0 aromatic carbocycles. The van der Waals surface area contributed by atoms with Crippen LogP contribution in [0.5, 0.6) is 0 Å². The maximum absolute atomic E-state index is 12.8. The Morgan fingerprint density at radius 3 is 2.55 bits per heavy atom. The van der Waals surface area contributed by atoms with Crippen molar-refractivity contribution in [2.75, 3.05) is 13.1 Å². The molecule has 0 spiro atoms.